The van der Waals surface area contributed by atoms with Crippen molar-refractivity contribution >= 4 is 0 Å². The van der Waals surface area contributed by atoms with Crippen LogP contribution in [0.25, 0.3) is 0 Å². The van der Waals surface area contributed by atoms with Crippen molar-refractivity contribution in [2.24, 2.45) is 0 Å². The summed E-state index contributed by atoms with van der Waals surface area (Å²) < 4.78 is 9.99. The fourth-order valence-corrected chi connectivity index (χ4v) is 1.45. The zero-order valence-electron chi connectivity index (χ0n) is 8.83. The summed E-state index contributed by atoms with van der Waals surface area (Å²) in [5.74, 6) is 0.277. The molecular formula is C11H16O3. The fourth-order valence-electron chi connectivity index (χ4n) is 1.45. The van der Waals surface area contributed by atoms with E-state index in [9.17, 15) is 5.11 Å². The van der Waals surface area contributed by atoms with Gasteiger partial charge in [-0.1, -0.05) is 6.07 Å². The highest BCUT2D eigenvalue weighted by Crippen LogP contribution is 2.24. The number of ether oxygens (including phenoxy) is 2. The average Bonchev–Trinajstić information content (AvgIpc) is 2.12. The molecular weight excluding hydrogens is 180 g/mol. The van der Waals surface area contributed by atoms with Crippen LogP contribution in [-0.4, -0.2) is 19.3 Å². The molecule has 3 heteroatoms. The number of rotatable bonds is 4. The van der Waals surface area contributed by atoms with E-state index in [1.807, 2.05) is 13.0 Å². The first kappa shape index (κ1) is 11.0. The zero-order chi connectivity index (χ0) is 10.6. The molecule has 1 aromatic rings. The summed E-state index contributed by atoms with van der Waals surface area (Å²) in [6.07, 6.45) is 0. The van der Waals surface area contributed by atoms with Gasteiger partial charge < -0.3 is 14.6 Å². The molecule has 0 spiro atoms. The summed E-state index contributed by atoms with van der Waals surface area (Å²) >= 11 is 0. The monoisotopic (exact) mass is 196 g/mol. The lowest BCUT2D eigenvalue weighted by atomic mass is 10.0. The molecule has 0 aliphatic carbocycles. The van der Waals surface area contributed by atoms with E-state index in [0.29, 0.717) is 13.2 Å². The van der Waals surface area contributed by atoms with Gasteiger partial charge in [-0.05, 0) is 24.1 Å². The van der Waals surface area contributed by atoms with Crippen LogP contribution >= 0.6 is 0 Å². The van der Waals surface area contributed by atoms with E-state index < -0.39 is 0 Å². The Morgan fingerprint density at radius 1 is 1.14 bits per heavy atom. The lowest BCUT2D eigenvalue weighted by molar-refractivity contribution is 0.179. The molecule has 3 nitrogen and oxygen atoms in total. The Morgan fingerprint density at radius 3 is 2.29 bits per heavy atom. The maximum absolute atomic E-state index is 9.69. The molecule has 0 bridgehead atoms. The number of aryl methyl sites for hydroxylation is 1. The number of phenolic OH excluding ortho intramolecular Hbond substituents is 1. The van der Waals surface area contributed by atoms with E-state index in [1.54, 1.807) is 20.3 Å². The summed E-state index contributed by atoms with van der Waals surface area (Å²) in [5, 5.41) is 9.69. The second-order valence-electron chi connectivity index (χ2n) is 3.28. The summed E-state index contributed by atoms with van der Waals surface area (Å²) in [6, 6.07) is 3.71. The highest BCUT2D eigenvalue weighted by Gasteiger charge is 2.06. The topological polar surface area (TPSA) is 38.7 Å². The number of hydrogen-bond acceptors (Lipinski definition) is 3. The quantitative estimate of drug-likeness (QED) is 0.800. The Bertz CT molecular complexity index is 284. The second kappa shape index (κ2) is 4.98. The van der Waals surface area contributed by atoms with Crippen LogP contribution in [0.1, 0.15) is 16.7 Å². The number of aromatic hydroxyl groups is 1. The van der Waals surface area contributed by atoms with Gasteiger partial charge in [0.1, 0.15) is 5.75 Å². The van der Waals surface area contributed by atoms with Gasteiger partial charge in [0.05, 0.1) is 13.2 Å². The molecule has 1 aromatic carbocycles. The van der Waals surface area contributed by atoms with Gasteiger partial charge in [-0.15, -0.1) is 0 Å². The first-order valence-corrected chi connectivity index (χ1v) is 4.48. The van der Waals surface area contributed by atoms with E-state index in [-0.39, 0.29) is 5.75 Å². The van der Waals surface area contributed by atoms with Gasteiger partial charge in [-0.25, -0.2) is 0 Å². The number of phenols is 1. The van der Waals surface area contributed by atoms with Crippen molar-refractivity contribution in [1.82, 2.24) is 0 Å². The van der Waals surface area contributed by atoms with Crippen molar-refractivity contribution in [1.29, 1.82) is 0 Å². The van der Waals surface area contributed by atoms with Gasteiger partial charge in [-0.3, -0.25) is 0 Å². The molecule has 0 aliphatic rings. The molecule has 0 fully saturated rings. The van der Waals surface area contributed by atoms with Crippen LogP contribution in [0.3, 0.4) is 0 Å². The molecule has 0 amide bonds. The number of hydrogen-bond donors (Lipinski definition) is 1. The van der Waals surface area contributed by atoms with Crippen LogP contribution in [0.4, 0.5) is 0 Å². The van der Waals surface area contributed by atoms with E-state index in [0.717, 1.165) is 16.7 Å². The third kappa shape index (κ3) is 2.47. The zero-order valence-corrected chi connectivity index (χ0v) is 8.83. The Labute approximate surface area is 84.3 Å². The van der Waals surface area contributed by atoms with E-state index in [2.05, 4.69) is 0 Å². The van der Waals surface area contributed by atoms with Gasteiger partial charge >= 0.3 is 0 Å². The Morgan fingerprint density at radius 2 is 1.79 bits per heavy atom. The summed E-state index contributed by atoms with van der Waals surface area (Å²) in [7, 11) is 3.25. The molecule has 0 aromatic heterocycles. The maximum atomic E-state index is 9.69. The van der Waals surface area contributed by atoms with E-state index in [4.69, 9.17) is 9.47 Å². The number of methoxy groups -OCH3 is 2. The van der Waals surface area contributed by atoms with Crippen molar-refractivity contribution < 1.29 is 14.6 Å². The lowest BCUT2D eigenvalue weighted by Gasteiger charge is -2.10. The van der Waals surface area contributed by atoms with Crippen molar-refractivity contribution in [2.75, 3.05) is 14.2 Å². The lowest BCUT2D eigenvalue weighted by Crippen LogP contribution is -1.96. The van der Waals surface area contributed by atoms with Gasteiger partial charge in [0, 0.05) is 19.8 Å². The molecule has 1 rings (SSSR count). The Hall–Kier alpha value is -1.06. The van der Waals surface area contributed by atoms with Crippen molar-refractivity contribution in [3.05, 3.63) is 28.8 Å². The largest absolute Gasteiger partial charge is 0.508 e. The Kier molecular flexibility index (Phi) is 3.92. The molecule has 14 heavy (non-hydrogen) atoms. The normalized spacial score (nSPS) is 10.5. The average molecular weight is 196 g/mol. The van der Waals surface area contributed by atoms with Crippen LogP contribution in [0, 0.1) is 6.92 Å². The van der Waals surface area contributed by atoms with Gasteiger partial charge in [-0.2, -0.15) is 0 Å². The minimum atomic E-state index is 0.277. The third-order valence-electron chi connectivity index (χ3n) is 2.11. The van der Waals surface area contributed by atoms with Crippen molar-refractivity contribution in [3.63, 3.8) is 0 Å². The molecule has 0 saturated carbocycles. The third-order valence-corrected chi connectivity index (χ3v) is 2.11. The number of benzene rings is 1. The van der Waals surface area contributed by atoms with Crippen LogP contribution in [0.5, 0.6) is 5.75 Å². The second-order valence-corrected chi connectivity index (χ2v) is 3.28. The molecule has 0 unspecified atom stereocenters. The predicted molar refractivity (Wildman–Crippen MR) is 54.3 cm³/mol. The highest BCUT2D eigenvalue weighted by atomic mass is 16.5. The minimum Gasteiger partial charge on any atom is -0.508 e. The van der Waals surface area contributed by atoms with Crippen LogP contribution in [-0.2, 0) is 22.7 Å². The van der Waals surface area contributed by atoms with Gasteiger partial charge in [0.2, 0.25) is 0 Å². The first-order valence-electron chi connectivity index (χ1n) is 4.48. The molecule has 0 atom stereocenters. The summed E-state index contributed by atoms with van der Waals surface area (Å²) in [6.45, 7) is 2.90. The molecule has 0 radical (unpaired) electrons. The SMILES string of the molecule is COCc1cc(C)c(COC)c(O)c1. The van der Waals surface area contributed by atoms with Gasteiger partial charge in [0.25, 0.3) is 0 Å². The Balaban J connectivity index is 2.98. The first-order chi connectivity index (χ1) is 6.69. The maximum Gasteiger partial charge on any atom is 0.121 e. The van der Waals surface area contributed by atoms with Gasteiger partial charge in [0.15, 0.2) is 0 Å². The van der Waals surface area contributed by atoms with E-state index >= 15 is 0 Å². The molecule has 1 N–H and O–H groups in total. The summed E-state index contributed by atoms with van der Waals surface area (Å²) in [5.41, 5.74) is 2.84. The standard InChI is InChI=1S/C11H16O3/c1-8-4-9(6-13-2)5-11(12)10(8)7-14-3/h4-5,12H,6-7H2,1-3H3. The van der Waals surface area contributed by atoms with Crippen LogP contribution < -0.4 is 0 Å². The molecule has 78 valence electrons. The fraction of sp³-hybridized carbons (Fsp3) is 0.455. The molecule has 0 heterocycles. The smallest absolute Gasteiger partial charge is 0.121 e. The van der Waals surface area contributed by atoms with Crippen LogP contribution in [0.2, 0.25) is 0 Å². The van der Waals surface area contributed by atoms with E-state index in [1.165, 1.54) is 0 Å². The predicted octanol–water partition coefficient (Wildman–Crippen LogP) is 1.99. The van der Waals surface area contributed by atoms with Crippen molar-refractivity contribution in [2.45, 2.75) is 20.1 Å². The van der Waals surface area contributed by atoms with Crippen LogP contribution in [0.15, 0.2) is 12.1 Å². The highest BCUT2D eigenvalue weighted by molar-refractivity contribution is 5.41. The molecule has 0 aliphatic heterocycles. The molecule has 0 saturated heterocycles. The minimum absolute atomic E-state index is 0.277. The van der Waals surface area contributed by atoms with Crippen molar-refractivity contribution in [3.8, 4) is 5.75 Å². The summed E-state index contributed by atoms with van der Waals surface area (Å²) in [4.78, 5) is 0.